The minimum absolute atomic E-state index is 0.0476. The molecule has 3 aromatic rings. The summed E-state index contributed by atoms with van der Waals surface area (Å²) in [5, 5.41) is 2.79. The number of anilines is 1. The van der Waals surface area contributed by atoms with Crippen LogP contribution in [0.15, 0.2) is 83.9 Å². The van der Waals surface area contributed by atoms with Crippen LogP contribution < -0.4 is 10.1 Å². The van der Waals surface area contributed by atoms with E-state index in [-0.39, 0.29) is 12.5 Å². The van der Waals surface area contributed by atoms with E-state index in [9.17, 15) is 4.79 Å². The molecule has 3 rings (SSSR count). The van der Waals surface area contributed by atoms with Gasteiger partial charge in [-0.25, -0.2) is 0 Å². The second-order valence-electron chi connectivity index (χ2n) is 6.05. The zero-order chi connectivity index (χ0) is 18.9. The average molecular weight is 358 g/mol. The lowest BCUT2D eigenvalue weighted by molar-refractivity contribution is -0.118. The highest BCUT2D eigenvalue weighted by Gasteiger charge is 2.03. The van der Waals surface area contributed by atoms with Gasteiger partial charge in [0.15, 0.2) is 6.61 Å². The molecule has 4 heteroatoms. The molecule has 0 saturated heterocycles. The van der Waals surface area contributed by atoms with Gasteiger partial charge in [0.05, 0.1) is 5.69 Å². The topological polar surface area (TPSA) is 50.7 Å². The molecule has 0 bridgehead atoms. The Morgan fingerprint density at radius 2 is 1.78 bits per heavy atom. The van der Waals surface area contributed by atoms with Crippen LogP contribution >= 0.6 is 0 Å². The Morgan fingerprint density at radius 1 is 1.00 bits per heavy atom. The van der Waals surface area contributed by atoms with Crippen LogP contribution in [0.4, 0.5) is 11.4 Å². The third-order valence-corrected chi connectivity index (χ3v) is 3.99. The van der Waals surface area contributed by atoms with Crippen LogP contribution in [-0.2, 0) is 11.2 Å². The van der Waals surface area contributed by atoms with Gasteiger partial charge in [0, 0.05) is 11.9 Å². The SMILES string of the molecule is CCc1ccc(N=Cc2cccc(OCC(=O)Nc3ccccc3)c2)cc1. The fourth-order valence-electron chi connectivity index (χ4n) is 2.52. The number of hydrogen-bond donors (Lipinski definition) is 1. The number of rotatable bonds is 7. The molecule has 1 N–H and O–H groups in total. The lowest BCUT2D eigenvalue weighted by Crippen LogP contribution is -2.20. The molecule has 0 fully saturated rings. The number of ether oxygens (including phenoxy) is 1. The van der Waals surface area contributed by atoms with Gasteiger partial charge in [-0.3, -0.25) is 9.79 Å². The minimum Gasteiger partial charge on any atom is -0.484 e. The van der Waals surface area contributed by atoms with Gasteiger partial charge < -0.3 is 10.1 Å². The van der Waals surface area contributed by atoms with E-state index >= 15 is 0 Å². The van der Waals surface area contributed by atoms with Crippen LogP contribution in [0.1, 0.15) is 18.1 Å². The molecule has 0 aliphatic carbocycles. The molecule has 0 aliphatic rings. The number of para-hydroxylation sites is 1. The highest BCUT2D eigenvalue weighted by molar-refractivity contribution is 5.91. The second-order valence-corrected chi connectivity index (χ2v) is 6.05. The molecule has 0 heterocycles. The monoisotopic (exact) mass is 358 g/mol. The minimum atomic E-state index is -0.198. The number of nitrogens with one attached hydrogen (secondary N) is 1. The summed E-state index contributed by atoms with van der Waals surface area (Å²) in [5.41, 5.74) is 3.86. The predicted molar refractivity (Wildman–Crippen MR) is 110 cm³/mol. The number of nitrogens with zero attached hydrogens (tertiary/aromatic N) is 1. The smallest absolute Gasteiger partial charge is 0.262 e. The molecule has 136 valence electrons. The summed E-state index contributed by atoms with van der Waals surface area (Å²) in [4.78, 5) is 16.5. The number of aryl methyl sites for hydroxylation is 1. The quantitative estimate of drug-likeness (QED) is 0.603. The number of hydrogen-bond acceptors (Lipinski definition) is 3. The Bertz CT molecular complexity index is 903. The summed E-state index contributed by atoms with van der Waals surface area (Å²) in [6.07, 6.45) is 2.80. The highest BCUT2D eigenvalue weighted by atomic mass is 16.5. The van der Waals surface area contributed by atoms with E-state index in [1.54, 1.807) is 6.21 Å². The predicted octanol–water partition coefficient (Wildman–Crippen LogP) is 5.02. The van der Waals surface area contributed by atoms with E-state index < -0.39 is 0 Å². The van der Waals surface area contributed by atoms with Crippen molar-refractivity contribution in [1.82, 2.24) is 0 Å². The summed E-state index contributed by atoms with van der Waals surface area (Å²) < 4.78 is 5.59. The Morgan fingerprint density at radius 3 is 2.52 bits per heavy atom. The Kier molecular flexibility index (Phi) is 6.36. The molecule has 27 heavy (non-hydrogen) atoms. The van der Waals surface area contributed by atoms with Gasteiger partial charge >= 0.3 is 0 Å². The van der Waals surface area contributed by atoms with Crippen molar-refractivity contribution >= 4 is 23.5 Å². The second kappa shape index (κ2) is 9.34. The maximum atomic E-state index is 12.0. The first-order valence-electron chi connectivity index (χ1n) is 8.94. The normalized spacial score (nSPS) is 10.7. The van der Waals surface area contributed by atoms with Gasteiger partial charge in [-0.2, -0.15) is 0 Å². The summed E-state index contributed by atoms with van der Waals surface area (Å²) in [6.45, 7) is 2.08. The molecule has 4 nitrogen and oxygen atoms in total. The molecule has 3 aromatic carbocycles. The van der Waals surface area contributed by atoms with Crippen molar-refractivity contribution in [2.24, 2.45) is 4.99 Å². The zero-order valence-electron chi connectivity index (χ0n) is 15.3. The van der Waals surface area contributed by atoms with Crippen LogP contribution in [0.3, 0.4) is 0 Å². The van der Waals surface area contributed by atoms with Gasteiger partial charge in [0.25, 0.3) is 5.91 Å². The number of carbonyl (C=O) groups excluding carboxylic acids is 1. The number of amides is 1. The molecular weight excluding hydrogens is 336 g/mol. The van der Waals surface area contributed by atoms with Crippen molar-refractivity contribution in [2.45, 2.75) is 13.3 Å². The van der Waals surface area contributed by atoms with Crippen molar-refractivity contribution in [1.29, 1.82) is 0 Å². The summed E-state index contributed by atoms with van der Waals surface area (Å²) in [5.74, 6) is 0.430. The standard InChI is InChI=1S/C23H22N2O2/c1-2-18-11-13-20(14-12-18)24-16-19-7-6-10-22(15-19)27-17-23(26)25-21-8-4-3-5-9-21/h3-16H,2,17H2,1H3,(H,25,26). The van der Waals surface area contributed by atoms with Crippen LogP contribution in [-0.4, -0.2) is 18.7 Å². The molecular formula is C23H22N2O2. The maximum absolute atomic E-state index is 12.0. The van der Waals surface area contributed by atoms with Crippen molar-refractivity contribution in [3.05, 3.63) is 90.0 Å². The van der Waals surface area contributed by atoms with Crippen molar-refractivity contribution in [3.63, 3.8) is 0 Å². The first-order valence-corrected chi connectivity index (χ1v) is 8.94. The van der Waals surface area contributed by atoms with Crippen molar-refractivity contribution < 1.29 is 9.53 Å². The molecule has 0 aromatic heterocycles. The Hall–Kier alpha value is -3.40. The zero-order valence-corrected chi connectivity index (χ0v) is 15.3. The van der Waals surface area contributed by atoms with E-state index in [4.69, 9.17) is 4.74 Å². The maximum Gasteiger partial charge on any atom is 0.262 e. The van der Waals surface area contributed by atoms with Crippen LogP contribution in [0.2, 0.25) is 0 Å². The fourth-order valence-corrected chi connectivity index (χ4v) is 2.52. The van der Waals surface area contributed by atoms with Crippen molar-refractivity contribution in [3.8, 4) is 5.75 Å². The van der Waals surface area contributed by atoms with E-state index in [0.29, 0.717) is 5.75 Å². The van der Waals surface area contributed by atoms with E-state index in [1.165, 1.54) is 5.56 Å². The van der Waals surface area contributed by atoms with Crippen LogP contribution in [0.25, 0.3) is 0 Å². The molecule has 0 aliphatic heterocycles. The van der Waals surface area contributed by atoms with Gasteiger partial charge in [-0.1, -0.05) is 49.4 Å². The third kappa shape index (κ3) is 5.82. The first-order chi connectivity index (χ1) is 13.2. The van der Waals surface area contributed by atoms with Gasteiger partial charge in [-0.05, 0) is 53.9 Å². The lowest BCUT2D eigenvalue weighted by Gasteiger charge is -2.08. The highest BCUT2D eigenvalue weighted by Crippen LogP contribution is 2.16. The van der Waals surface area contributed by atoms with Crippen LogP contribution in [0.5, 0.6) is 5.75 Å². The summed E-state index contributed by atoms with van der Waals surface area (Å²) in [7, 11) is 0. The van der Waals surface area contributed by atoms with E-state index in [1.807, 2.05) is 66.7 Å². The first kappa shape index (κ1) is 18.4. The number of carbonyl (C=O) groups is 1. The van der Waals surface area contributed by atoms with E-state index in [0.717, 1.165) is 23.4 Å². The molecule has 0 atom stereocenters. The average Bonchev–Trinajstić information content (AvgIpc) is 2.72. The van der Waals surface area contributed by atoms with Crippen molar-refractivity contribution in [2.75, 3.05) is 11.9 Å². The summed E-state index contributed by atoms with van der Waals surface area (Å²) in [6, 6.07) is 25.0. The van der Waals surface area contributed by atoms with Crippen LogP contribution in [0, 0.1) is 0 Å². The lowest BCUT2D eigenvalue weighted by atomic mass is 10.1. The molecule has 0 unspecified atom stereocenters. The third-order valence-electron chi connectivity index (χ3n) is 3.99. The molecule has 1 amide bonds. The number of benzene rings is 3. The molecule has 0 radical (unpaired) electrons. The molecule has 0 spiro atoms. The summed E-state index contributed by atoms with van der Waals surface area (Å²) >= 11 is 0. The Labute approximate surface area is 159 Å². The Balaban J connectivity index is 1.56. The largest absolute Gasteiger partial charge is 0.484 e. The fraction of sp³-hybridized carbons (Fsp3) is 0.130. The number of aliphatic imine (C=N–C) groups is 1. The van der Waals surface area contributed by atoms with E-state index in [2.05, 4.69) is 29.4 Å². The van der Waals surface area contributed by atoms with Gasteiger partial charge in [-0.15, -0.1) is 0 Å². The van der Waals surface area contributed by atoms with Gasteiger partial charge in [0.2, 0.25) is 0 Å². The van der Waals surface area contributed by atoms with Gasteiger partial charge in [0.1, 0.15) is 5.75 Å². The molecule has 0 saturated carbocycles.